The first-order valence-electron chi connectivity index (χ1n) is 4.00. The van der Waals surface area contributed by atoms with Crippen LogP contribution in [0.3, 0.4) is 0 Å². The standard InChI is InChI=1S/C9H20N/c1-7(2)9(8(3)4)10(5)6/h7-8H,1-6H3/q+1. The molecule has 1 heteroatoms. The van der Waals surface area contributed by atoms with Crippen LogP contribution < -0.4 is 0 Å². The molecule has 0 bridgehead atoms. The van der Waals surface area contributed by atoms with Gasteiger partial charge in [0.15, 0.2) is 5.71 Å². The summed E-state index contributed by atoms with van der Waals surface area (Å²) in [5.41, 5.74) is 1.53. The fraction of sp³-hybridized carbons (Fsp3) is 0.889. The molecule has 0 saturated heterocycles. The second-order valence-corrected chi connectivity index (χ2v) is 3.63. The zero-order valence-corrected chi connectivity index (χ0v) is 8.10. The quantitative estimate of drug-likeness (QED) is 0.410. The van der Waals surface area contributed by atoms with E-state index < -0.39 is 0 Å². The fourth-order valence-electron chi connectivity index (χ4n) is 1.70. The van der Waals surface area contributed by atoms with Crippen molar-refractivity contribution in [3.8, 4) is 0 Å². The molecular weight excluding hydrogens is 122 g/mol. The number of rotatable bonds is 2. The Labute approximate surface area is 64.8 Å². The molecule has 0 N–H and O–H groups in total. The van der Waals surface area contributed by atoms with Crippen LogP contribution >= 0.6 is 0 Å². The summed E-state index contributed by atoms with van der Waals surface area (Å²) in [5.74, 6) is 1.35. The predicted octanol–water partition coefficient (Wildman–Crippen LogP) is 2.01. The highest BCUT2D eigenvalue weighted by molar-refractivity contribution is 5.83. The molecule has 1 nitrogen and oxygen atoms in total. The van der Waals surface area contributed by atoms with Gasteiger partial charge < -0.3 is 0 Å². The molecule has 0 aromatic rings. The van der Waals surface area contributed by atoms with Gasteiger partial charge in [-0.25, -0.2) is 4.58 Å². The molecule has 60 valence electrons. The molecular formula is C9H20N+. The van der Waals surface area contributed by atoms with E-state index in [2.05, 4.69) is 46.4 Å². The molecule has 0 saturated carbocycles. The average molecular weight is 142 g/mol. The zero-order valence-electron chi connectivity index (χ0n) is 8.10. The van der Waals surface area contributed by atoms with Crippen LogP contribution in [0.25, 0.3) is 0 Å². The molecule has 0 amide bonds. The monoisotopic (exact) mass is 142 g/mol. The maximum Gasteiger partial charge on any atom is 0.156 e. The lowest BCUT2D eigenvalue weighted by Gasteiger charge is -2.10. The molecule has 0 rings (SSSR count). The van der Waals surface area contributed by atoms with Crippen LogP contribution in [0, 0.1) is 11.8 Å². The highest BCUT2D eigenvalue weighted by atomic mass is 14.9. The van der Waals surface area contributed by atoms with Gasteiger partial charge in [-0.2, -0.15) is 0 Å². The third-order valence-electron chi connectivity index (χ3n) is 1.70. The lowest BCUT2D eigenvalue weighted by molar-refractivity contribution is -0.469. The van der Waals surface area contributed by atoms with E-state index in [9.17, 15) is 0 Å². The first-order chi connectivity index (χ1) is 4.46. The van der Waals surface area contributed by atoms with Gasteiger partial charge in [0.05, 0.1) is 0 Å². The molecule has 0 aromatic heterocycles. The van der Waals surface area contributed by atoms with E-state index >= 15 is 0 Å². The van der Waals surface area contributed by atoms with Gasteiger partial charge in [-0.05, 0) is 0 Å². The highest BCUT2D eigenvalue weighted by Gasteiger charge is 2.16. The summed E-state index contributed by atoms with van der Waals surface area (Å²) in [6, 6.07) is 0. The lowest BCUT2D eigenvalue weighted by Crippen LogP contribution is -2.24. The fourth-order valence-corrected chi connectivity index (χ4v) is 1.70. The summed E-state index contributed by atoms with van der Waals surface area (Å²) in [4.78, 5) is 0. The van der Waals surface area contributed by atoms with Crippen LogP contribution in [0.15, 0.2) is 0 Å². The SMILES string of the molecule is CC(C)C(C(C)C)=[N+](C)C. The predicted molar refractivity (Wildman–Crippen MR) is 46.8 cm³/mol. The Morgan fingerprint density at radius 2 is 1.20 bits per heavy atom. The molecule has 0 atom stereocenters. The van der Waals surface area contributed by atoms with Crippen molar-refractivity contribution in [2.75, 3.05) is 14.1 Å². The molecule has 10 heavy (non-hydrogen) atoms. The van der Waals surface area contributed by atoms with Crippen molar-refractivity contribution >= 4 is 5.71 Å². The van der Waals surface area contributed by atoms with E-state index in [4.69, 9.17) is 0 Å². The molecule has 0 aromatic carbocycles. The normalized spacial score (nSPS) is 10.8. The van der Waals surface area contributed by atoms with Crippen molar-refractivity contribution in [2.24, 2.45) is 11.8 Å². The van der Waals surface area contributed by atoms with Crippen LogP contribution in [-0.2, 0) is 0 Å². The van der Waals surface area contributed by atoms with Crippen molar-refractivity contribution in [1.29, 1.82) is 0 Å². The Kier molecular flexibility index (Phi) is 3.62. The maximum atomic E-state index is 2.25. The minimum absolute atomic E-state index is 0.676. The summed E-state index contributed by atoms with van der Waals surface area (Å²) in [7, 11) is 4.24. The minimum Gasteiger partial charge on any atom is -0.242 e. The Bertz CT molecular complexity index is 118. The van der Waals surface area contributed by atoms with Crippen LogP contribution in [0.2, 0.25) is 0 Å². The Morgan fingerprint density at radius 1 is 0.900 bits per heavy atom. The first-order valence-corrected chi connectivity index (χ1v) is 4.00. The summed E-state index contributed by atoms with van der Waals surface area (Å²) in [5, 5.41) is 0. The Balaban J connectivity index is 4.44. The van der Waals surface area contributed by atoms with Gasteiger partial charge in [-0.3, -0.25) is 0 Å². The van der Waals surface area contributed by atoms with Gasteiger partial charge in [-0.1, -0.05) is 27.7 Å². The molecule has 0 fully saturated rings. The van der Waals surface area contributed by atoms with Crippen LogP contribution in [0.5, 0.6) is 0 Å². The van der Waals surface area contributed by atoms with E-state index in [1.165, 1.54) is 5.71 Å². The number of hydrogen-bond donors (Lipinski definition) is 0. The van der Waals surface area contributed by atoms with Crippen molar-refractivity contribution in [3.05, 3.63) is 0 Å². The molecule has 0 aliphatic heterocycles. The number of nitrogens with zero attached hydrogens (tertiary/aromatic N) is 1. The van der Waals surface area contributed by atoms with Crippen LogP contribution in [0.1, 0.15) is 27.7 Å². The highest BCUT2D eigenvalue weighted by Crippen LogP contribution is 2.06. The van der Waals surface area contributed by atoms with Crippen LogP contribution in [0.4, 0.5) is 0 Å². The van der Waals surface area contributed by atoms with Gasteiger partial charge in [0.2, 0.25) is 0 Å². The smallest absolute Gasteiger partial charge is 0.156 e. The van der Waals surface area contributed by atoms with Gasteiger partial charge in [0.1, 0.15) is 14.1 Å². The van der Waals surface area contributed by atoms with E-state index in [0.29, 0.717) is 11.8 Å². The maximum absolute atomic E-state index is 2.25. The summed E-state index contributed by atoms with van der Waals surface area (Å²) in [6.07, 6.45) is 0. The van der Waals surface area contributed by atoms with E-state index in [-0.39, 0.29) is 0 Å². The van der Waals surface area contributed by atoms with Crippen molar-refractivity contribution in [3.63, 3.8) is 0 Å². The second-order valence-electron chi connectivity index (χ2n) is 3.63. The average Bonchev–Trinajstić information content (AvgIpc) is 1.59. The molecule has 0 radical (unpaired) electrons. The van der Waals surface area contributed by atoms with Gasteiger partial charge >= 0.3 is 0 Å². The zero-order chi connectivity index (χ0) is 8.31. The lowest BCUT2D eigenvalue weighted by atomic mass is 9.97. The number of hydrogen-bond acceptors (Lipinski definition) is 0. The van der Waals surface area contributed by atoms with Gasteiger partial charge in [0, 0.05) is 11.8 Å². The molecule has 0 aliphatic carbocycles. The molecule has 0 aliphatic rings. The van der Waals surface area contributed by atoms with Crippen LogP contribution in [-0.4, -0.2) is 24.4 Å². The second kappa shape index (κ2) is 3.75. The molecule has 0 spiro atoms. The molecule has 0 unspecified atom stereocenters. The largest absolute Gasteiger partial charge is 0.242 e. The van der Waals surface area contributed by atoms with Crippen molar-refractivity contribution < 1.29 is 4.58 Å². The summed E-state index contributed by atoms with van der Waals surface area (Å²) >= 11 is 0. The first kappa shape index (κ1) is 9.67. The van der Waals surface area contributed by atoms with Crippen molar-refractivity contribution in [1.82, 2.24) is 0 Å². The van der Waals surface area contributed by atoms with Crippen molar-refractivity contribution in [2.45, 2.75) is 27.7 Å². The van der Waals surface area contributed by atoms with Gasteiger partial charge in [-0.15, -0.1) is 0 Å². The Hall–Kier alpha value is -0.330. The van der Waals surface area contributed by atoms with E-state index in [1.807, 2.05) is 0 Å². The third kappa shape index (κ3) is 2.51. The summed E-state index contributed by atoms with van der Waals surface area (Å²) < 4.78 is 2.23. The minimum atomic E-state index is 0.676. The summed E-state index contributed by atoms with van der Waals surface area (Å²) in [6.45, 7) is 8.98. The topological polar surface area (TPSA) is 3.01 Å². The van der Waals surface area contributed by atoms with Gasteiger partial charge in [0.25, 0.3) is 0 Å². The van der Waals surface area contributed by atoms with E-state index in [1.54, 1.807) is 0 Å². The molecule has 0 heterocycles. The Morgan fingerprint density at radius 3 is 1.20 bits per heavy atom. The third-order valence-corrected chi connectivity index (χ3v) is 1.70. The van der Waals surface area contributed by atoms with E-state index in [0.717, 1.165) is 0 Å².